The van der Waals surface area contributed by atoms with Crippen molar-refractivity contribution >= 4 is 0 Å². The largest absolute Gasteiger partial charge is 0.317 e. The quantitative estimate of drug-likeness (QED) is 0.625. The highest BCUT2D eigenvalue weighted by Gasteiger charge is 2.12. The molecule has 0 aromatic rings. The van der Waals surface area contributed by atoms with E-state index >= 15 is 0 Å². The van der Waals surface area contributed by atoms with Crippen LogP contribution >= 0.6 is 0 Å². The summed E-state index contributed by atoms with van der Waals surface area (Å²) in [6.45, 7) is 13.9. The fraction of sp³-hybridized carbons (Fsp3) is 1.00. The molecule has 2 nitrogen and oxygen atoms in total. The molecular formula is C13H30N2. The first-order valence-corrected chi connectivity index (χ1v) is 6.35. The topological polar surface area (TPSA) is 15.3 Å². The molecule has 0 aliphatic rings. The summed E-state index contributed by atoms with van der Waals surface area (Å²) in [5.74, 6) is 0. The van der Waals surface area contributed by atoms with Crippen molar-refractivity contribution in [2.24, 2.45) is 5.41 Å². The summed E-state index contributed by atoms with van der Waals surface area (Å²) in [5, 5.41) is 3.44. The molecule has 0 unspecified atom stereocenters. The Morgan fingerprint density at radius 3 is 2.27 bits per heavy atom. The second-order valence-electron chi connectivity index (χ2n) is 5.76. The van der Waals surface area contributed by atoms with Crippen LogP contribution in [0.5, 0.6) is 0 Å². The highest BCUT2D eigenvalue weighted by atomic mass is 15.1. The molecule has 92 valence electrons. The zero-order valence-corrected chi connectivity index (χ0v) is 11.4. The molecular weight excluding hydrogens is 184 g/mol. The van der Waals surface area contributed by atoms with Gasteiger partial charge in [0.25, 0.3) is 0 Å². The predicted octanol–water partition coefficient (Wildman–Crippen LogP) is 2.74. The van der Waals surface area contributed by atoms with Gasteiger partial charge in [0.1, 0.15) is 0 Å². The second-order valence-corrected chi connectivity index (χ2v) is 5.76. The number of nitrogens with one attached hydrogen (secondary N) is 1. The normalized spacial score (nSPS) is 12.4. The third kappa shape index (κ3) is 11.8. The van der Waals surface area contributed by atoms with Gasteiger partial charge in [-0.05, 0) is 51.4 Å². The van der Waals surface area contributed by atoms with Crippen molar-refractivity contribution in [1.82, 2.24) is 10.2 Å². The minimum Gasteiger partial charge on any atom is -0.317 e. The van der Waals surface area contributed by atoms with Crippen molar-refractivity contribution in [3.8, 4) is 0 Å². The maximum absolute atomic E-state index is 3.44. The van der Waals surface area contributed by atoms with Gasteiger partial charge in [-0.3, -0.25) is 0 Å². The van der Waals surface area contributed by atoms with Gasteiger partial charge in [-0.2, -0.15) is 0 Å². The van der Waals surface area contributed by atoms with E-state index < -0.39 is 0 Å². The van der Waals surface area contributed by atoms with Crippen LogP contribution in [0, 0.1) is 5.41 Å². The number of rotatable bonds is 8. The van der Waals surface area contributed by atoms with E-state index in [1.54, 1.807) is 0 Å². The van der Waals surface area contributed by atoms with Crippen LogP contribution in [0.3, 0.4) is 0 Å². The maximum atomic E-state index is 3.44. The summed E-state index contributed by atoms with van der Waals surface area (Å²) < 4.78 is 0. The van der Waals surface area contributed by atoms with Crippen LogP contribution in [0.25, 0.3) is 0 Å². The standard InChI is InChI=1S/C13H30N2/c1-6-9-14-10-7-8-11-15(5)12-13(2,3)4/h14H,6-12H2,1-5H3. The summed E-state index contributed by atoms with van der Waals surface area (Å²) in [6.07, 6.45) is 3.85. The molecule has 1 N–H and O–H groups in total. The monoisotopic (exact) mass is 214 g/mol. The van der Waals surface area contributed by atoms with Crippen LogP contribution in [-0.4, -0.2) is 38.1 Å². The van der Waals surface area contributed by atoms with E-state index in [0.29, 0.717) is 5.41 Å². The lowest BCUT2D eigenvalue weighted by Crippen LogP contribution is -2.30. The Balaban J connectivity index is 3.28. The van der Waals surface area contributed by atoms with Crippen LogP contribution in [0.1, 0.15) is 47.0 Å². The summed E-state index contributed by atoms with van der Waals surface area (Å²) in [4.78, 5) is 2.44. The minimum absolute atomic E-state index is 0.426. The van der Waals surface area contributed by atoms with Gasteiger partial charge in [0.05, 0.1) is 0 Å². The highest BCUT2D eigenvalue weighted by Crippen LogP contribution is 2.14. The molecule has 2 heteroatoms. The molecule has 15 heavy (non-hydrogen) atoms. The predicted molar refractivity (Wildman–Crippen MR) is 69.3 cm³/mol. The van der Waals surface area contributed by atoms with Gasteiger partial charge in [-0.15, -0.1) is 0 Å². The lowest BCUT2D eigenvalue weighted by molar-refractivity contribution is 0.224. The minimum atomic E-state index is 0.426. The molecule has 0 saturated heterocycles. The average Bonchev–Trinajstić information content (AvgIpc) is 2.08. The van der Waals surface area contributed by atoms with E-state index in [1.165, 1.54) is 38.9 Å². The summed E-state index contributed by atoms with van der Waals surface area (Å²) in [5.41, 5.74) is 0.426. The van der Waals surface area contributed by atoms with E-state index in [2.05, 4.69) is 45.0 Å². The van der Waals surface area contributed by atoms with E-state index in [0.717, 1.165) is 6.54 Å². The zero-order chi connectivity index (χ0) is 11.7. The summed E-state index contributed by atoms with van der Waals surface area (Å²) in [6, 6.07) is 0. The number of hydrogen-bond acceptors (Lipinski definition) is 2. The van der Waals surface area contributed by atoms with Gasteiger partial charge in [0.2, 0.25) is 0 Å². The lowest BCUT2D eigenvalue weighted by Gasteiger charge is -2.26. The number of unbranched alkanes of at least 4 members (excludes halogenated alkanes) is 1. The van der Waals surface area contributed by atoms with Gasteiger partial charge in [-0.25, -0.2) is 0 Å². The average molecular weight is 214 g/mol. The third-order valence-electron chi connectivity index (χ3n) is 2.31. The van der Waals surface area contributed by atoms with Crippen molar-refractivity contribution < 1.29 is 0 Å². The van der Waals surface area contributed by atoms with Crippen LogP contribution < -0.4 is 5.32 Å². The lowest BCUT2D eigenvalue weighted by atomic mass is 9.96. The first-order chi connectivity index (χ1) is 6.95. The van der Waals surface area contributed by atoms with Crippen LogP contribution in [0.2, 0.25) is 0 Å². The smallest absolute Gasteiger partial charge is 0.00270 e. The Hall–Kier alpha value is -0.0800. The Labute approximate surface area is 96.4 Å². The van der Waals surface area contributed by atoms with Gasteiger partial charge in [0.15, 0.2) is 0 Å². The third-order valence-corrected chi connectivity index (χ3v) is 2.31. The van der Waals surface area contributed by atoms with Crippen molar-refractivity contribution in [2.75, 3.05) is 33.2 Å². The van der Waals surface area contributed by atoms with E-state index in [1.807, 2.05) is 0 Å². The first-order valence-electron chi connectivity index (χ1n) is 6.35. The fourth-order valence-corrected chi connectivity index (χ4v) is 1.82. The van der Waals surface area contributed by atoms with E-state index in [9.17, 15) is 0 Å². The van der Waals surface area contributed by atoms with Crippen molar-refractivity contribution in [1.29, 1.82) is 0 Å². The number of hydrogen-bond donors (Lipinski definition) is 1. The molecule has 0 spiro atoms. The highest BCUT2D eigenvalue weighted by molar-refractivity contribution is 4.66. The molecule has 0 fully saturated rings. The Morgan fingerprint density at radius 1 is 1.07 bits per heavy atom. The van der Waals surface area contributed by atoms with Crippen molar-refractivity contribution in [2.45, 2.75) is 47.0 Å². The Bertz CT molecular complexity index is 138. The molecule has 0 aromatic heterocycles. The Kier molecular flexibility index (Phi) is 8.07. The molecule has 0 amide bonds. The molecule has 0 atom stereocenters. The Morgan fingerprint density at radius 2 is 1.73 bits per heavy atom. The van der Waals surface area contributed by atoms with Crippen LogP contribution in [-0.2, 0) is 0 Å². The zero-order valence-electron chi connectivity index (χ0n) is 11.4. The molecule has 0 heterocycles. The molecule has 0 aliphatic carbocycles. The fourth-order valence-electron chi connectivity index (χ4n) is 1.82. The first kappa shape index (κ1) is 14.9. The molecule has 0 radical (unpaired) electrons. The van der Waals surface area contributed by atoms with Gasteiger partial charge in [0, 0.05) is 6.54 Å². The van der Waals surface area contributed by atoms with Crippen LogP contribution in [0.15, 0.2) is 0 Å². The maximum Gasteiger partial charge on any atom is 0.00270 e. The molecule has 0 saturated carbocycles. The summed E-state index contributed by atoms with van der Waals surface area (Å²) in [7, 11) is 2.23. The van der Waals surface area contributed by atoms with E-state index in [-0.39, 0.29) is 0 Å². The SMILES string of the molecule is CCCNCCCCN(C)CC(C)(C)C. The second kappa shape index (κ2) is 8.12. The molecule has 0 aromatic carbocycles. The van der Waals surface area contributed by atoms with Gasteiger partial charge in [-0.1, -0.05) is 27.7 Å². The van der Waals surface area contributed by atoms with Gasteiger partial charge >= 0.3 is 0 Å². The van der Waals surface area contributed by atoms with Crippen LogP contribution in [0.4, 0.5) is 0 Å². The van der Waals surface area contributed by atoms with Crippen molar-refractivity contribution in [3.05, 3.63) is 0 Å². The molecule has 0 rings (SSSR count). The molecule has 0 aliphatic heterocycles. The van der Waals surface area contributed by atoms with E-state index in [4.69, 9.17) is 0 Å². The summed E-state index contributed by atoms with van der Waals surface area (Å²) >= 11 is 0. The molecule has 0 bridgehead atoms. The van der Waals surface area contributed by atoms with Crippen molar-refractivity contribution in [3.63, 3.8) is 0 Å². The number of nitrogens with zero attached hydrogens (tertiary/aromatic N) is 1. The van der Waals surface area contributed by atoms with Gasteiger partial charge < -0.3 is 10.2 Å².